The van der Waals surface area contributed by atoms with E-state index in [2.05, 4.69) is 4.98 Å². The Bertz CT molecular complexity index is 695. The number of methoxy groups -OCH3 is 1. The maximum absolute atomic E-state index is 12.8. The second kappa shape index (κ2) is 5.62. The molecule has 0 spiro atoms. The van der Waals surface area contributed by atoms with Crippen molar-refractivity contribution in [1.82, 2.24) is 9.55 Å². The van der Waals surface area contributed by atoms with Crippen LogP contribution in [0.5, 0.6) is 0 Å². The van der Waals surface area contributed by atoms with E-state index in [0.29, 0.717) is 0 Å². The molecular weight excluding hydrogens is 267 g/mol. The number of carbonyl (C=O) groups is 1. The summed E-state index contributed by atoms with van der Waals surface area (Å²) in [7, 11) is 1.40. The largest absolute Gasteiger partial charge is 0.477 e. The lowest BCUT2D eigenvalue weighted by molar-refractivity contribution is 0.0689. The quantitative estimate of drug-likeness (QED) is 0.909. The van der Waals surface area contributed by atoms with Crippen LogP contribution in [0.15, 0.2) is 35.4 Å². The normalized spacial score (nSPS) is 10.5. The van der Waals surface area contributed by atoms with Gasteiger partial charge in [-0.25, -0.2) is 14.2 Å². The van der Waals surface area contributed by atoms with Crippen molar-refractivity contribution in [3.05, 3.63) is 57.9 Å². The molecular formula is C13H11FN2O4. The number of hydrogen-bond donors (Lipinski definition) is 1. The van der Waals surface area contributed by atoms with Crippen LogP contribution in [0, 0.1) is 5.82 Å². The number of rotatable bonds is 4. The van der Waals surface area contributed by atoms with Crippen LogP contribution in [0.1, 0.15) is 15.9 Å². The van der Waals surface area contributed by atoms with Crippen LogP contribution in [0.25, 0.3) is 5.82 Å². The van der Waals surface area contributed by atoms with Gasteiger partial charge in [-0.05, 0) is 23.8 Å². The summed E-state index contributed by atoms with van der Waals surface area (Å²) in [4.78, 5) is 27.1. The summed E-state index contributed by atoms with van der Waals surface area (Å²) in [6.45, 7) is 0.00849. The van der Waals surface area contributed by atoms with Crippen LogP contribution in [0.3, 0.4) is 0 Å². The molecule has 7 heteroatoms. The summed E-state index contributed by atoms with van der Waals surface area (Å²) in [6, 6.07) is 3.88. The second-order valence-corrected chi connectivity index (χ2v) is 3.96. The first-order valence-electron chi connectivity index (χ1n) is 5.63. The molecule has 2 aromatic heterocycles. The Morgan fingerprint density at radius 1 is 1.45 bits per heavy atom. The smallest absolute Gasteiger partial charge is 0.341 e. The van der Waals surface area contributed by atoms with Crippen LogP contribution in [0.4, 0.5) is 4.39 Å². The van der Waals surface area contributed by atoms with Gasteiger partial charge in [0.25, 0.3) is 5.56 Å². The Hall–Kier alpha value is -2.54. The Balaban J connectivity index is 2.62. The van der Waals surface area contributed by atoms with Crippen LogP contribution >= 0.6 is 0 Å². The maximum atomic E-state index is 12.8. The van der Waals surface area contributed by atoms with Gasteiger partial charge in [-0.3, -0.25) is 9.36 Å². The van der Waals surface area contributed by atoms with Gasteiger partial charge in [0.05, 0.1) is 12.8 Å². The second-order valence-electron chi connectivity index (χ2n) is 3.96. The third-order valence-corrected chi connectivity index (χ3v) is 2.65. The van der Waals surface area contributed by atoms with Crippen LogP contribution < -0.4 is 5.56 Å². The molecule has 0 radical (unpaired) electrons. The molecule has 0 unspecified atom stereocenters. The molecule has 2 heterocycles. The lowest BCUT2D eigenvalue weighted by Crippen LogP contribution is -2.27. The van der Waals surface area contributed by atoms with Gasteiger partial charge in [0.2, 0.25) is 0 Å². The van der Waals surface area contributed by atoms with Crippen molar-refractivity contribution >= 4 is 5.97 Å². The molecule has 0 bridgehead atoms. The number of aromatic nitrogens is 2. The summed E-state index contributed by atoms with van der Waals surface area (Å²) in [5.41, 5.74) is -0.866. The van der Waals surface area contributed by atoms with Gasteiger partial charge in [-0.1, -0.05) is 0 Å². The maximum Gasteiger partial charge on any atom is 0.341 e. The fourth-order valence-electron chi connectivity index (χ4n) is 1.77. The number of carboxylic acid groups (broad SMARTS) is 1. The van der Waals surface area contributed by atoms with Crippen LogP contribution in [0.2, 0.25) is 0 Å². The van der Waals surface area contributed by atoms with Crippen molar-refractivity contribution in [2.45, 2.75) is 6.61 Å². The van der Waals surface area contributed by atoms with Gasteiger partial charge in [0, 0.05) is 13.3 Å². The molecule has 0 aliphatic carbocycles. The lowest BCUT2D eigenvalue weighted by atomic mass is 10.1. The number of pyridine rings is 2. The number of ether oxygens (including phenoxy) is 1. The van der Waals surface area contributed by atoms with Crippen LogP contribution in [-0.2, 0) is 11.3 Å². The molecule has 2 rings (SSSR count). The highest BCUT2D eigenvalue weighted by molar-refractivity contribution is 5.88. The first-order valence-corrected chi connectivity index (χ1v) is 5.63. The van der Waals surface area contributed by atoms with E-state index in [1.165, 1.54) is 25.4 Å². The predicted molar refractivity (Wildman–Crippen MR) is 67.5 cm³/mol. The molecule has 6 nitrogen and oxygen atoms in total. The minimum atomic E-state index is -1.35. The van der Waals surface area contributed by atoms with Gasteiger partial charge >= 0.3 is 5.97 Å². The van der Waals surface area contributed by atoms with E-state index in [0.717, 1.165) is 16.8 Å². The Morgan fingerprint density at radius 2 is 2.20 bits per heavy atom. The highest BCUT2D eigenvalue weighted by Crippen LogP contribution is 2.09. The minimum Gasteiger partial charge on any atom is -0.477 e. The van der Waals surface area contributed by atoms with E-state index in [1.54, 1.807) is 0 Å². The van der Waals surface area contributed by atoms with E-state index >= 15 is 0 Å². The molecule has 1 N–H and O–H groups in total. The van der Waals surface area contributed by atoms with E-state index < -0.39 is 17.3 Å². The Kier molecular flexibility index (Phi) is 3.90. The lowest BCUT2D eigenvalue weighted by Gasteiger charge is -2.09. The van der Waals surface area contributed by atoms with Crippen molar-refractivity contribution in [2.75, 3.05) is 7.11 Å². The third-order valence-electron chi connectivity index (χ3n) is 2.65. The Labute approximate surface area is 113 Å². The number of aromatic carboxylic acids is 1. The molecule has 0 atom stereocenters. The van der Waals surface area contributed by atoms with Gasteiger partial charge in [0.1, 0.15) is 17.2 Å². The standard InChI is InChI=1S/C13H11FN2O4/c1-20-7-8-4-5-16(12(17)11(8)13(18)19)10-3-2-9(14)6-15-10/h2-6H,7H2,1H3,(H,18,19). The average Bonchev–Trinajstić information content (AvgIpc) is 2.40. The number of nitrogens with zero attached hydrogens (tertiary/aromatic N) is 2. The number of halogens is 1. The molecule has 0 amide bonds. The molecule has 2 aromatic rings. The molecule has 0 saturated heterocycles. The van der Waals surface area contributed by atoms with Crippen molar-refractivity contribution in [1.29, 1.82) is 0 Å². The van der Waals surface area contributed by atoms with Crippen molar-refractivity contribution < 1.29 is 19.0 Å². The van der Waals surface area contributed by atoms with Crippen molar-refractivity contribution in [3.63, 3.8) is 0 Å². The topological polar surface area (TPSA) is 81.4 Å². The molecule has 20 heavy (non-hydrogen) atoms. The van der Waals surface area contributed by atoms with Gasteiger partial charge in [-0.2, -0.15) is 0 Å². The summed E-state index contributed by atoms with van der Waals surface area (Å²) >= 11 is 0. The minimum absolute atomic E-state index is 0.00849. The van der Waals surface area contributed by atoms with Crippen molar-refractivity contribution in [3.8, 4) is 5.82 Å². The molecule has 104 valence electrons. The Morgan fingerprint density at radius 3 is 2.75 bits per heavy atom. The van der Waals surface area contributed by atoms with Crippen LogP contribution in [-0.4, -0.2) is 27.7 Å². The summed E-state index contributed by atoms with van der Waals surface area (Å²) < 4.78 is 18.7. The van der Waals surface area contributed by atoms with E-state index in [1.807, 2.05) is 0 Å². The zero-order valence-electron chi connectivity index (χ0n) is 10.5. The number of carboxylic acids is 1. The third kappa shape index (κ3) is 2.57. The fraction of sp³-hybridized carbons (Fsp3) is 0.154. The molecule has 0 saturated carbocycles. The summed E-state index contributed by atoms with van der Waals surface area (Å²) in [5, 5.41) is 9.14. The summed E-state index contributed by atoms with van der Waals surface area (Å²) in [5.74, 6) is -1.75. The number of hydrogen-bond acceptors (Lipinski definition) is 4. The van der Waals surface area contributed by atoms with Gasteiger partial charge in [-0.15, -0.1) is 0 Å². The van der Waals surface area contributed by atoms with Gasteiger partial charge < -0.3 is 9.84 Å². The molecule has 0 aliphatic rings. The fourth-order valence-corrected chi connectivity index (χ4v) is 1.77. The summed E-state index contributed by atoms with van der Waals surface area (Å²) in [6.07, 6.45) is 2.33. The van der Waals surface area contributed by atoms with E-state index in [9.17, 15) is 14.0 Å². The van der Waals surface area contributed by atoms with E-state index in [4.69, 9.17) is 9.84 Å². The average molecular weight is 278 g/mol. The molecule has 0 aromatic carbocycles. The molecule has 0 fully saturated rings. The zero-order valence-corrected chi connectivity index (χ0v) is 10.5. The zero-order chi connectivity index (χ0) is 14.7. The van der Waals surface area contributed by atoms with Crippen molar-refractivity contribution in [2.24, 2.45) is 0 Å². The SMILES string of the molecule is COCc1ccn(-c2ccc(F)cn2)c(=O)c1C(=O)O. The molecule has 0 aliphatic heterocycles. The van der Waals surface area contributed by atoms with E-state index in [-0.39, 0.29) is 23.6 Å². The highest BCUT2D eigenvalue weighted by atomic mass is 19.1. The monoisotopic (exact) mass is 278 g/mol. The highest BCUT2D eigenvalue weighted by Gasteiger charge is 2.17. The van der Waals surface area contributed by atoms with Gasteiger partial charge in [0.15, 0.2) is 0 Å². The predicted octanol–water partition coefficient (Wildman–Crippen LogP) is 1.22. The first kappa shape index (κ1) is 13.9. The first-order chi connectivity index (χ1) is 9.54.